The highest BCUT2D eigenvalue weighted by Gasteiger charge is 2.45. The molecule has 2 aromatic rings. The number of hydrogen-bond acceptors (Lipinski definition) is 6. The van der Waals surface area contributed by atoms with Crippen molar-refractivity contribution in [2.75, 3.05) is 12.0 Å². The highest BCUT2D eigenvalue weighted by molar-refractivity contribution is 7.12. The van der Waals surface area contributed by atoms with Crippen LogP contribution in [0.4, 0.5) is 5.69 Å². The fourth-order valence-electron chi connectivity index (χ4n) is 4.43. The van der Waals surface area contributed by atoms with E-state index in [1.807, 2.05) is 48.2 Å². The lowest BCUT2D eigenvalue weighted by atomic mass is 9.69. The van der Waals surface area contributed by atoms with E-state index in [-0.39, 0.29) is 11.2 Å². The van der Waals surface area contributed by atoms with E-state index in [1.54, 1.807) is 18.4 Å². The molecule has 0 saturated carbocycles. The Balaban J connectivity index is 1.96. The van der Waals surface area contributed by atoms with Crippen LogP contribution in [0.2, 0.25) is 0 Å². The Morgan fingerprint density at radius 3 is 2.47 bits per heavy atom. The van der Waals surface area contributed by atoms with E-state index in [9.17, 15) is 10.1 Å². The van der Waals surface area contributed by atoms with Crippen LogP contribution in [0.25, 0.3) is 0 Å². The fourth-order valence-corrected chi connectivity index (χ4v) is 5.43. The molecule has 0 bridgehead atoms. The minimum Gasteiger partial charge on any atom is -0.497 e. The Labute approximate surface area is 181 Å². The van der Waals surface area contributed by atoms with E-state index in [4.69, 9.17) is 10.5 Å². The van der Waals surface area contributed by atoms with Crippen molar-refractivity contribution >= 4 is 22.8 Å². The largest absolute Gasteiger partial charge is 0.497 e. The van der Waals surface area contributed by atoms with Gasteiger partial charge in [-0.05, 0) is 55.2 Å². The van der Waals surface area contributed by atoms with Crippen molar-refractivity contribution < 1.29 is 9.53 Å². The van der Waals surface area contributed by atoms with Crippen LogP contribution >= 0.6 is 11.3 Å². The van der Waals surface area contributed by atoms with Crippen molar-refractivity contribution in [3.63, 3.8) is 0 Å². The second kappa shape index (κ2) is 7.33. The van der Waals surface area contributed by atoms with Crippen molar-refractivity contribution in [1.29, 1.82) is 5.26 Å². The van der Waals surface area contributed by atoms with E-state index >= 15 is 0 Å². The second-order valence-corrected chi connectivity index (χ2v) is 9.95. The Morgan fingerprint density at radius 2 is 1.90 bits per heavy atom. The van der Waals surface area contributed by atoms with Gasteiger partial charge in [-0.15, -0.1) is 11.3 Å². The monoisotopic (exact) mass is 419 g/mol. The predicted molar refractivity (Wildman–Crippen MR) is 119 cm³/mol. The molecule has 1 aromatic heterocycles. The Bertz CT molecular complexity index is 1120. The van der Waals surface area contributed by atoms with Gasteiger partial charge in [-0.3, -0.25) is 9.69 Å². The third kappa shape index (κ3) is 3.29. The van der Waals surface area contributed by atoms with Gasteiger partial charge in [0, 0.05) is 33.1 Å². The predicted octanol–water partition coefficient (Wildman–Crippen LogP) is 5.01. The molecule has 0 amide bonds. The average molecular weight is 420 g/mol. The van der Waals surface area contributed by atoms with Crippen LogP contribution in [0.15, 0.2) is 59.1 Å². The zero-order chi connectivity index (χ0) is 21.6. The number of hydrogen-bond donors (Lipinski definition) is 1. The molecule has 1 atom stereocenters. The number of nitrogens with two attached hydrogens (primary N) is 1. The summed E-state index contributed by atoms with van der Waals surface area (Å²) in [4.78, 5) is 17.4. The molecule has 0 spiro atoms. The van der Waals surface area contributed by atoms with E-state index < -0.39 is 5.92 Å². The molecule has 1 aromatic carbocycles. The summed E-state index contributed by atoms with van der Waals surface area (Å²) >= 11 is 1.61. The number of aryl methyl sites for hydroxylation is 1. The SMILES string of the molecule is COc1ccc(N2C(N)=C(C#N)C(c3ccc(C)s3)C3=C2CC(C)(C)CC3=O)cc1. The van der Waals surface area contributed by atoms with Gasteiger partial charge in [0.05, 0.1) is 24.7 Å². The van der Waals surface area contributed by atoms with Crippen LogP contribution in [-0.2, 0) is 4.79 Å². The molecule has 1 aliphatic heterocycles. The number of ether oxygens (including phenoxy) is 1. The normalized spacial score (nSPS) is 20.8. The maximum Gasteiger partial charge on any atom is 0.162 e. The maximum atomic E-state index is 13.4. The van der Waals surface area contributed by atoms with Crippen LogP contribution in [0.3, 0.4) is 0 Å². The van der Waals surface area contributed by atoms with Crippen molar-refractivity contribution in [1.82, 2.24) is 0 Å². The van der Waals surface area contributed by atoms with Crippen molar-refractivity contribution in [2.45, 2.75) is 39.5 Å². The van der Waals surface area contributed by atoms with Crippen molar-refractivity contribution in [3.8, 4) is 11.8 Å². The number of benzene rings is 1. The summed E-state index contributed by atoms with van der Waals surface area (Å²) in [6.07, 6.45) is 1.17. The molecule has 0 fully saturated rings. The first-order chi connectivity index (χ1) is 14.3. The Kier molecular flexibility index (Phi) is 4.95. The van der Waals surface area contributed by atoms with Gasteiger partial charge in [-0.1, -0.05) is 13.8 Å². The van der Waals surface area contributed by atoms with Gasteiger partial charge in [0.15, 0.2) is 5.78 Å². The number of Topliss-reactive ketones (excluding diaryl/α,β-unsaturated/α-hetero) is 1. The molecule has 1 aliphatic carbocycles. The molecule has 0 saturated heterocycles. The van der Waals surface area contributed by atoms with Gasteiger partial charge in [0.1, 0.15) is 11.6 Å². The zero-order valence-corrected chi connectivity index (χ0v) is 18.5. The van der Waals surface area contributed by atoms with Crippen LogP contribution in [-0.4, -0.2) is 12.9 Å². The van der Waals surface area contributed by atoms with E-state index in [1.165, 1.54) is 0 Å². The first-order valence-electron chi connectivity index (χ1n) is 9.92. The molecule has 154 valence electrons. The molecule has 5 nitrogen and oxygen atoms in total. The minimum absolute atomic E-state index is 0.0936. The smallest absolute Gasteiger partial charge is 0.162 e. The van der Waals surface area contributed by atoms with Crippen LogP contribution in [0, 0.1) is 23.7 Å². The van der Waals surface area contributed by atoms with Crippen molar-refractivity contribution in [2.24, 2.45) is 11.1 Å². The molecule has 2 N–H and O–H groups in total. The third-order valence-electron chi connectivity index (χ3n) is 5.76. The van der Waals surface area contributed by atoms with Gasteiger partial charge >= 0.3 is 0 Å². The molecule has 2 heterocycles. The zero-order valence-electron chi connectivity index (χ0n) is 17.7. The molecule has 2 aliphatic rings. The van der Waals surface area contributed by atoms with Gasteiger partial charge in [0.25, 0.3) is 0 Å². The molecule has 1 unspecified atom stereocenters. The summed E-state index contributed by atoms with van der Waals surface area (Å²) in [7, 11) is 1.62. The molecule has 0 radical (unpaired) electrons. The standard InChI is InChI=1S/C24H25N3O2S/c1-14-5-10-20(30-14)21-17(13-25)23(26)27(15-6-8-16(29-4)9-7-15)18-11-24(2,3)12-19(28)22(18)21/h5-10,21H,11-12,26H2,1-4H3. The lowest BCUT2D eigenvalue weighted by Crippen LogP contribution is -2.42. The number of anilines is 1. The number of nitriles is 1. The summed E-state index contributed by atoms with van der Waals surface area (Å²) in [5, 5.41) is 10.1. The minimum atomic E-state index is -0.401. The highest BCUT2D eigenvalue weighted by atomic mass is 32.1. The fraction of sp³-hybridized carbons (Fsp3) is 0.333. The van der Waals surface area contributed by atoms with Crippen LogP contribution < -0.4 is 15.4 Å². The molecule has 30 heavy (non-hydrogen) atoms. The number of carbonyl (C=O) groups is 1. The maximum absolute atomic E-state index is 13.4. The number of methoxy groups -OCH3 is 1. The summed E-state index contributed by atoms with van der Waals surface area (Å²) in [6, 6.07) is 13.9. The lowest BCUT2D eigenvalue weighted by Gasteiger charge is -2.43. The first-order valence-corrected chi connectivity index (χ1v) is 10.7. The number of rotatable bonds is 3. The number of nitrogens with zero attached hydrogens (tertiary/aromatic N) is 2. The summed E-state index contributed by atoms with van der Waals surface area (Å²) < 4.78 is 5.28. The number of ketones is 1. The lowest BCUT2D eigenvalue weighted by molar-refractivity contribution is -0.118. The number of thiophene rings is 1. The van der Waals surface area contributed by atoms with E-state index in [0.717, 1.165) is 26.9 Å². The van der Waals surface area contributed by atoms with E-state index in [0.29, 0.717) is 29.8 Å². The summed E-state index contributed by atoms with van der Waals surface area (Å²) in [5.74, 6) is 0.820. The van der Waals surface area contributed by atoms with Crippen LogP contribution in [0.5, 0.6) is 5.75 Å². The summed E-state index contributed by atoms with van der Waals surface area (Å²) in [6.45, 7) is 6.23. The average Bonchev–Trinajstić information content (AvgIpc) is 3.12. The van der Waals surface area contributed by atoms with Crippen LogP contribution in [0.1, 0.15) is 42.4 Å². The Hall–Kier alpha value is -3.04. The molecular weight excluding hydrogens is 394 g/mol. The number of carbonyl (C=O) groups excluding carboxylic acids is 1. The molecular formula is C24H25N3O2S. The van der Waals surface area contributed by atoms with Gasteiger partial charge in [0.2, 0.25) is 0 Å². The third-order valence-corrected chi connectivity index (χ3v) is 6.82. The molecule has 4 rings (SSSR count). The Morgan fingerprint density at radius 1 is 1.20 bits per heavy atom. The topological polar surface area (TPSA) is 79.3 Å². The van der Waals surface area contributed by atoms with Gasteiger partial charge < -0.3 is 10.5 Å². The number of allylic oxidation sites excluding steroid dienone is 3. The second-order valence-electron chi connectivity index (χ2n) is 8.63. The quantitative estimate of drug-likeness (QED) is 0.757. The first kappa shape index (κ1) is 20.2. The van der Waals surface area contributed by atoms with Gasteiger partial charge in [-0.2, -0.15) is 5.26 Å². The molecule has 6 heteroatoms. The highest BCUT2D eigenvalue weighted by Crippen LogP contribution is 2.51. The van der Waals surface area contributed by atoms with Gasteiger partial charge in [-0.25, -0.2) is 0 Å². The summed E-state index contributed by atoms with van der Waals surface area (Å²) in [5.41, 5.74) is 9.30. The van der Waals surface area contributed by atoms with E-state index in [2.05, 4.69) is 19.9 Å². The van der Waals surface area contributed by atoms with Crippen molar-refractivity contribution in [3.05, 3.63) is 68.8 Å².